The lowest BCUT2D eigenvalue weighted by atomic mass is 10.1. The minimum atomic E-state index is -1.28. The number of piperidine rings is 1. The van der Waals surface area contributed by atoms with Crippen LogP contribution in [0.4, 0.5) is 0 Å². The zero-order chi connectivity index (χ0) is 21.2. The molecule has 6 nitrogen and oxygen atoms in total. The molecule has 0 atom stereocenters. The normalized spacial score (nSPS) is 13.6. The molecule has 2 aromatic rings. The van der Waals surface area contributed by atoms with Crippen LogP contribution in [0.3, 0.4) is 0 Å². The lowest BCUT2D eigenvalue weighted by Crippen LogP contribution is -2.21. The molecule has 3 rings (SSSR count). The Hall–Kier alpha value is -2.60. The van der Waals surface area contributed by atoms with Crippen LogP contribution in [0.2, 0.25) is 0 Å². The summed E-state index contributed by atoms with van der Waals surface area (Å²) in [4.78, 5) is 23.5. The molecule has 0 radical (unpaired) electrons. The number of hydrogen-bond donors (Lipinski definition) is 2. The van der Waals surface area contributed by atoms with Gasteiger partial charge in [-0.1, -0.05) is 32.4 Å². The Morgan fingerprint density at radius 2 is 2.03 bits per heavy atom. The van der Waals surface area contributed by atoms with Crippen molar-refractivity contribution in [1.82, 2.24) is 5.32 Å². The fourth-order valence-corrected chi connectivity index (χ4v) is 3.04. The highest BCUT2D eigenvalue weighted by atomic mass is 16.5. The van der Waals surface area contributed by atoms with E-state index in [9.17, 15) is 9.59 Å². The van der Waals surface area contributed by atoms with Gasteiger partial charge in [-0.05, 0) is 56.3 Å². The summed E-state index contributed by atoms with van der Waals surface area (Å²) < 4.78 is 11.1. The number of hydrogen-bond acceptors (Lipinski definition) is 5. The first-order chi connectivity index (χ1) is 13.9. The fourth-order valence-electron chi connectivity index (χ4n) is 3.04. The van der Waals surface area contributed by atoms with Crippen LogP contribution in [-0.4, -0.2) is 30.8 Å². The van der Waals surface area contributed by atoms with Gasteiger partial charge in [0.05, 0.1) is 6.61 Å². The van der Waals surface area contributed by atoms with Crippen LogP contribution >= 0.6 is 0 Å². The van der Waals surface area contributed by atoms with Crippen LogP contribution in [0.25, 0.3) is 11.0 Å². The number of carboxylic acids is 1. The lowest BCUT2D eigenvalue weighted by molar-refractivity contribution is 0.0663. The molecule has 0 saturated carbocycles. The number of rotatable bonds is 7. The van der Waals surface area contributed by atoms with Crippen LogP contribution in [0.5, 0.6) is 5.75 Å². The van der Waals surface area contributed by atoms with Crippen LogP contribution < -0.4 is 15.5 Å². The second kappa shape index (κ2) is 11.4. The van der Waals surface area contributed by atoms with Crippen molar-refractivity contribution in [2.45, 2.75) is 46.0 Å². The zero-order valence-corrected chi connectivity index (χ0v) is 17.3. The molecule has 29 heavy (non-hydrogen) atoms. The van der Waals surface area contributed by atoms with Crippen molar-refractivity contribution >= 4 is 16.9 Å². The van der Waals surface area contributed by atoms with E-state index in [1.54, 1.807) is 18.2 Å². The van der Waals surface area contributed by atoms with E-state index in [4.69, 9.17) is 14.3 Å². The van der Waals surface area contributed by atoms with Gasteiger partial charge in [-0.2, -0.15) is 0 Å². The molecule has 0 spiro atoms. The summed E-state index contributed by atoms with van der Waals surface area (Å²) in [7, 11) is 0. The highest BCUT2D eigenvalue weighted by molar-refractivity contribution is 5.91. The van der Waals surface area contributed by atoms with Gasteiger partial charge in [0, 0.05) is 6.07 Å². The second-order valence-corrected chi connectivity index (χ2v) is 7.54. The Morgan fingerprint density at radius 1 is 1.31 bits per heavy atom. The van der Waals surface area contributed by atoms with E-state index >= 15 is 0 Å². The van der Waals surface area contributed by atoms with Gasteiger partial charge in [0.1, 0.15) is 16.7 Å². The Bertz CT molecular complexity index is 869. The molecule has 1 aromatic carbocycles. The second-order valence-electron chi connectivity index (χ2n) is 7.54. The summed E-state index contributed by atoms with van der Waals surface area (Å²) in [5, 5.41) is 12.6. The van der Waals surface area contributed by atoms with Crippen molar-refractivity contribution in [2.75, 3.05) is 19.7 Å². The Balaban J connectivity index is 0.000000426. The predicted molar refractivity (Wildman–Crippen MR) is 115 cm³/mol. The largest absolute Gasteiger partial charge is 0.493 e. The van der Waals surface area contributed by atoms with Crippen molar-refractivity contribution in [3.8, 4) is 5.75 Å². The van der Waals surface area contributed by atoms with Crippen molar-refractivity contribution in [3.63, 3.8) is 0 Å². The molecule has 0 amide bonds. The summed E-state index contributed by atoms with van der Waals surface area (Å²) in [6.45, 7) is 10.8. The number of carbonyl (C=O) groups is 1. The maximum Gasteiger partial charge on any atom is 0.371 e. The molecule has 158 valence electrons. The van der Waals surface area contributed by atoms with Gasteiger partial charge in [-0.3, -0.25) is 4.79 Å². The van der Waals surface area contributed by atoms with E-state index in [0.29, 0.717) is 30.3 Å². The molecule has 1 saturated heterocycles. The number of allylic oxidation sites excluding steroid dienone is 1. The van der Waals surface area contributed by atoms with Gasteiger partial charge in [0.15, 0.2) is 5.43 Å². The highest BCUT2D eigenvalue weighted by Crippen LogP contribution is 2.28. The SMILES string of the molecule is C1CCNCC1.C=CCc1ccc(OCCC(C)C)c2c(=O)cc(C(=O)O)oc12. The monoisotopic (exact) mass is 401 g/mol. The third-order valence-corrected chi connectivity index (χ3v) is 4.66. The van der Waals surface area contributed by atoms with Gasteiger partial charge in [0.25, 0.3) is 0 Å². The summed E-state index contributed by atoms with van der Waals surface area (Å²) in [5.74, 6) is -0.762. The van der Waals surface area contributed by atoms with Gasteiger partial charge < -0.3 is 19.6 Å². The molecule has 1 aliphatic heterocycles. The first-order valence-corrected chi connectivity index (χ1v) is 10.2. The maximum absolute atomic E-state index is 12.3. The van der Waals surface area contributed by atoms with Crippen molar-refractivity contribution in [3.05, 3.63) is 52.4 Å². The smallest absolute Gasteiger partial charge is 0.371 e. The Morgan fingerprint density at radius 3 is 2.55 bits per heavy atom. The van der Waals surface area contributed by atoms with Gasteiger partial charge in [-0.15, -0.1) is 6.58 Å². The molecule has 1 aromatic heterocycles. The summed E-state index contributed by atoms with van der Waals surface area (Å²) in [6.07, 6.45) is 7.21. The van der Waals surface area contributed by atoms with Crippen molar-refractivity contribution in [2.24, 2.45) is 5.92 Å². The van der Waals surface area contributed by atoms with E-state index in [0.717, 1.165) is 12.5 Å². The minimum absolute atomic E-state index is 0.247. The van der Waals surface area contributed by atoms with Gasteiger partial charge in [-0.25, -0.2) is 4.79 Å². The molecule has 2 heterocycles. The number of carboxylic acid groups (broad SMARTS) is 1. The quantitative estimate of drug-likeness (QED) is 0.668. The fraction of sp³-hybridized carbons (Fsp3) is 0.478. The molecule has 1 aliphatic rings. The predicted octanol–water partition coefficient (Wildman–Crippen LogP) is 4.40. The van der Waals surface area contributed by atoms with Gasteiger partial charge >= 0.3 is 5.97 Å². The van der Waals surface area contributed by atoms with E-state index < -0.39 is 11.4 Å². The average molecular weight is 402 g/mol. The first kappa shape index (κ1) is 22.7. The molecule has 0 bridgehead atoms. The molecule has 0 unspecified atom stereocenters. The zero-order valence-electron chi connectivity index (χ0n) is 17.3. The summed E-state index contributed by atoms with van der Waals surface area (Å²) in [6, 6.07) is 4.47. The Kier molecular flexibility index (Phi) is 8.93. The third kappa shape index (κ3) is 6.75. The van der Waals surface area contributed by atoms with Crippen LogP contribution in [0.1, 0.15) is 55.6 Å². The van der Waals surface area contributed by atoms with Crippen LogP contribution in [0.15, 0.2) is 40.1 Å². The van der Waals surface area contributed by atoms with Crippen LogP contribution in [0, 0.1) is 5.92 Å². The molecule has 0 aliphatic carbocycles. The maximum atomic E-state index is 12.3. The number of fused-ring (bicyclic) bond motifs is 1. The highest BCUT2D eigenvalue weighted by Gasteiger charge is 2.17. The van der Waals surface area contributed by atoms with Crippen molar-refractivity contribution in [1.29, 1.82) is 0 Å². The van der Waals surface area contributed by atoms with Crippen LogP contribution in [-0.2, 0) is 6.42 Å². The summed E-state index contributed by atoms with van der Waals surface area (Å²) >= 11 is 0. The Labute approximate surface area is 171 Å². The summed E-state index contributed by atoms with van der Waals surface area (Å²) in [5.41, 5.74) is 0.525. The number of nitrogens with one attached hydrogen (secondary N) is 1. The molecular weight excluding hydrogens is 370 g/mol. The van der Waals surface area contributed by atoms with Crippen molar-refractivity contribution < 1.29 is 19.1 Å². The number of aromatic carboxylic acids is 1. The molecule has 1 fully saturated rings. The van der Waals surface area contributed by atoms with E-state index in [2.05, 4.69) is 25.7 Å². The molecule has 6 heteroatoms. The first-order valence-electron chi connectivity index (χ1n) is 10.2. The molecule has 2 N–H and O–H groups in total. The van der Waals surface area contributed by atoms with E-state index in [1.807, 2.05) is 0 Å². The van der Waals surface area contributed by atoms with E-state index in [-0.39, 0.29) is 16.7 Å². The van der Waals surface area contributed by atoms with Gasteiger partial charge in [0.2, 0.25) is 5.76 Å². The topological polar surface area (TPSA) is 88.8 Å². The molecular formula is C23H31NO5. The standard InChI is InChI=1S/C18H20O5.C5H11N/c1-4-5-12-6-7-14(22-9-8-11(2)3)16-13(19)10-15(18(20)21)23-17(12)16;1-2-4-6-5-3-1/h4,6-7,10-11H,1,5,8-9H2,2-3H3,(H,20,21);6H,1-5H2. The van der Waals surface area contributed by atoms with E-state index in [1.165, 1.54) is 32.4 Å². The number of ether oxygens (including phenoxy) is 1. The average Bonchev–Trinajstić information content (AvgIpc) is 2.71. The number of benzene rings is 1. The lowest BCUT2D eigenvalue weighted by Gasteiger charge is -2.12. The third-order valence-electron chi connectivity index (χ3n) is 4.66. The minimum Gasteiger partial charge on any atom is -0.493 e.